The molecule has 186 valence electrons. The molecule has 1 heterocycles. The Balaban J connectivity index is 1.67. The lowest BCUT2D eigenvalue weighted by Crippen LogP contribution is -2.35. The molecule has 0 bridgehead atoms. The highest BCUT2D eigenvalue weighted by molar-refractivity contribution is 5.89. The number of amides is 2. The van der Waals surface area contributed by atoms with Crippen molar-refractivity contribution >= 4 is 22.6 Å². The van der Waals surface area contributed by atoms with Crippen LogP contribution in [0, 0.1) is 5.82 Å². The molecule has 3 aromatic carbocycles. The predicted octanol–water partition coefficient (Wildman–Crippen LogP) is 4.93. The number of carbonyl (C=O) groups excluding carboxylic acids is 1. The van der Waals surface area contributed by atoms with Crippen LogP contribution in [0.4, 0.5) is 14.9 Å². The van der Waals surface area contributed by atoms with Crippen molar-refractivity contribution < 1.29 is 23.4 Å². The Kier molecular flexibility index (Phi) is 7.39. The number of nitrogens with one attached hydrogen (secondary N) is 2. The maximum atomic E-state index is 13.3. The molecule has 0 aliphatic carbocycles. The molecule has 0 saturated carbocycles. The molecule has 0 radical (unpaired) electrons. The van der Waals surface area contributed by atoms with E-state index in [0.29, 0.717) is 34.0 Å². The summed E-state index contributed by atoms with van der Waals surface area (Å²) in [5, 5.41) is 3.50. The van der Waals surface area contributed by atoms with E-state index in [1.807, 2.05) is 12.1 Å². The Morgan fingerprint density at radius 2 is 1.56 bits per heavy atom. The SMILES string of the molecule is COc1ccc(CN(Cc2cc3cc(OC)c(OC)cc3[nH]c2=O)C(=O)Nc2ccc(F)cc2)cc1. The molecule has 4 aromatic rings. The van der Waals surface area contributed by atoms with Gasteiger partial charge in [0.05, 0.1) is 33.4 Å². The number of aromatic amines is 1. The standard InChI is InChI=1S/C27H26FN3O5/c1-34-22-10-4-17(5-11-22)15-31(27(33)29-21-8-6-20(28)7-9-21)16-19-12-18-13-24(35-2)25(36-3)14-23(18)30-26(19)32/h4-14H,15-16H2,1-3H3,(H,29,33)(H,30,32). The van der Waals surface area contributed by atoms with Crippen molar-refractivity contribution in [3.8, 4) is 17.2 Å². The largest absolute Gasteiger partial charge is 0.497 e. The number of aromatic nitrogens is 1. The van der Waals surface area contributed by atoms with Gasteiger partial charge in [-0.25, -0.2) is 9.18 Å². The molecule has 0 aliphatic heterocycles. The summed E-state index contributed by atoms with van der Waals surface area (Å²) in [6.45, 7) is 0.249. The summed E-state index contributed by atoms with van der Waals surface area (Å²) in [6, 6.07) is 17.5. The van der Waals surface area contributed by atoms with Gasteiger partial charge in [0.1, 0.15) is 11.6 Å². The van der Waals surface area contributed by atoms with Crippen LogP contribution in [0.2, 0.25) is 0 Å². The molecule has 4 rings (SSSR count). The van der Waals surface area contributed by atoms with Crippen LogP contribution in [0.1, 0.15) is 11.1 Å². The first kappa shape index (κ1) is 24.6. The number of urea groups is 1. The van der Waals surface area contributed by atoms with Crippen molar-refractivity contribution in [3.63, 3.8) is 0 Å². The predicted molar refractivity (Wildman–Crippen MR) is 135 cm³/mol. The topological polar surface area (TPSA) is 92.9 Å². The fourth-order valence-electron chi connectivity index (χ4n) is 3.79. The van der Waals surface area contributed by atoms with Crippen molar-refractivity contribution in [1.82, 2.24) is 9.88 Å². The van der Waals surface area contributed by atoms with E-state index in [2.05, 4.69) is 10.3 Å². The van der Waals surface area contributed by atoms with Gasteiger partial charge in [-0.2, -0.15) is 0 Å². The zero-order valence-electron chi connectivity index (χ0n) is 20.1. The number of carbonyl (C=O) groups is 1. The smallest absolute Gasteiger partial charge is 0.322 e. The zero-order chi connectivity index (χ0) is 25.7. The molecular formula is C27H26FN3O5. The number of hydrogen-bond donors (Lipinski definition) is 2. The highest BCUT2D eigenvalue weighted by Crippen LogP contribution is 2.31. The molecule has 2 N–H and O–H groups in total. The average molecular weight is 492 g/mol. The summed E-state index contributed by atoms with van der Waals surface area (Å²) >= 11 is 0. The Morgan fingerprint density at radius 1 is 0.889 bits per heavy atom. The molecule has 2 amide bonds. The van der Waals surface area contributed by atoms with Crippen LogP contribution in [0.5, 0.6) is 17.2 Å². The van der Waals surface area contributed by atoms with Crippen LogP contribution in [0.25, 0.3) is 10.9 Å². The second-order valence-electron chi connectivity index (χ2n) is 8.06. The van der Waals surface area contributed by atoms with Crippen LogP contribution in [-0.4, -0.2) is 37.2 Å². The lowest BCUT2D eigenvalue weighted by molar-refractivity contribution is 0.206. The number of anilines is 1. The lowest BCUT2D eigenvalue weighted by atomic mass is 10.1. The number of benzene rings is 3. The number of rotatable bonds is 8. The molecule has 0 atom stereocenters. The van der Waals surface area contributed by atoms with Crippen LogP contribution in [-0.2, 0) is 13.1 Å². The summed E-state index contributed by atoms with van der Waals surface area (Å²) in [4.78, 5) is 30.5. The minimum atomic E-state index is -0.441. The van der Waals surface area contributed by atoms with Gasteiger partial charge in [-0.05, 0) is 54.1 Å². The van der Waals surface area contributed by atoms with Gasteiger partial charge < -0.3 is 29.4 Å². The number of hydrogen-bond acceptors (Lipinski definition) is 5. The molecule has 0 aliphatic rings. The van der Waals surface area contributed by atoms with Gasteiger partial charge in [0.25, 0.3) is 5.56 Å². The van der Waals surface area contributed by atoms with Crippen molar-refractivity contribution in [2.45, 2.75) is 13.1 Å². The quantitative estimate of drug-likeness (QED) is 0.365. The Hall–Kier alpha value is -4.53. The van der Waals surface area contributed by atoms with E-state index in [4.69, 9.17) is 14.2 Å². The number of fused-ring (bicyclic) bond motifs is 1. The first-order valence-electron chi connectivity index (χ1n) is 11.1. The molecule has 36 heavy (non-hydrogen) atoms. The summed E-state index contributed by atoms with van der Waals surface area (Å²) in [6.07, 6.45) is 0. The van der Waals surface area contributed by atoms with Crippen molar-refractivity contribution in [1.29, 1.82) is 0 Å². The highest BCUT2D eigenvalue weighted by Gasteiger charge is 2.18. The van der Waals surface area contributed by atoms with Gasteiger partial charge >= 0.3 is 6.03 Å². The molecule has 0 spiro atoms. The third-order valence-electron chi connectivity index (χ3n) is 5.70. The van der Waals surface area contributed by atoms with Crippen molar-refractivity contribution in [3.05, 3.63) is 94.0 Å². The van der Waals surface area contributed by atoms with Crippen LogP contribution < -0.4 is 25.1 Å². The minimum absolute atomic E-state index is 0.0265. The number of pyridine rings is 1. The van der Waals surface area contributed by atoms with Gasteiger partial charge in [-0.1, -0.05) is 12.1 Å². The normalized spacial score (nSPS) is 10.7. The molecule has 8 nitrogen and oxygen atoms in total. The first-order valence-corrected chi connectivity index (χ1v) is 11.1. The number of nitrogens with zero attached hydrogens (tertiary/aromatic N) is 1. The van der Waals surface area contributed by atoms with Crippen molar-refractivity contribution in [2.24, 2.45) is 0 Å². The highest BCUT2D eigenvalue weighted by atomic mass is 19.1. The van der Waals surface area contributed by atoms with E-state index >= 15 is 0 Å². The third kappa shape index (κ3) is 5.57. The van der Waals surface area contributed by atoms with Crippen LogP contribution in [0.3, 0.4) is 0 Å². The summed E-state index contributed by atoms with van der Waals surface area (Å²) in [5.74, 6) is 1.30. The zero-order valence-corrected chi connectivity index (χ0v) is 20.1. The minimum Gasteiger partial charge on any atom is -0.497 e. The average Bonchev–Trinajstić information content (AvgIpc) is 2.89. The molecular weight excluding hydrogens is 465 g/mol. The molecule has 9 heteroatoms. The maximum absolute atomic E-state index is 13.3. The van der Waals surface area contributed by atoms with E-state index in [0.717, 1.165) is 10.9 Å². The monoisotopic (exact) mass is 491 g/mol. The number of methoxy groups -OCH3 is 3. The fraction of sp³-hybridized carbons (Fsp3) is 0.185. The van der Waals surface area contributed by atoms with E-state index in [9.17, 15) is 14.0 Å². The van der Waals surface area contributed by atoms with E-state index in [-0.39, 0.29) is 18.6 Å². The van der Waals surface area contributed by atoms with Crippen LogP contribution >= 0.6 is 0 Å². The molecule has 0 unspecified atom stereocenters. The lowest BCUT2D eigenvalue weighted by Gasteiger charge is -2.23. The van der Waals surface area contributed by atoms with Gasteiger partial charge in [-0.15, -0.1) is 0 Å². The second-order valence-corrected chi connectivity index (χ2v) is 8.06. The second kappa shape index (κ2) is 10.8. The van der Waals surface area contributed by atoms with E-state index in [1.54, 1.807) is 37.4 Å². The molecule has 0 fully saturated rings. The first-order chi connectivity index (χ1) is 17.4. The van der Waals surface area contributed by atoms with Gasteiger partial charge in [-0.3, -0.25) is 4.79 Å². The molecule has 1 aromatic heterocycles. The maximum Gasteiger partial charge on any atom is 0.322 e. The summed E-state index contributed by atoms with van der Waals surface area (Å²) < 4.78 is 29.2. The number of H-pyrrole nitrogens is 1. The number of ether oxygens (including phenoxy) is 3. The molecule has 0 saturated heterocycles. The van der Waals surface area contributed by atoms with E-state index < -0.39 is 11.8 Å². The fourth-order valence-corrected chi connectivity index (χ4v) is 3.79. The third-order valence-corrected chi connectivity index (χ3v) is 5.70. The van der Waals surface area contributed by atoms with Crippen LogP contribution in [0.15, 0.2) is 71.5 Å². The van der Waals surface area contributed by atoms with E-state index in [1.165, 1.54) is 43.4 Å². The summed E-state index contributed by atoms with van der Waals surface area (Å²) in [7, 11) is 4.63. The van der Waals surface area contributed by atoms with Gasteiger partial charge in [0.2, 0.25) is 0 Å². The Morgan fingerprint density at radius 3 is 2.19 bits per heavy atom. The van der Waals surface area contributed by atoms with Crippen molar-refractivity contribution in [2.75, 3.05) is 26.6 Å². The van der Waals surface area contributed by atoms with Gasteiger partial charge in [0, 0.05) is 29.2 Å². The number of halogens is 1. The van der Waals surface area contributed by atoms with Gasteiger partial charge in [0.15, 0.2) is 11.5 Å². The summed E-state index contributed by atoms with van der Waals surface area (Å²) in [5.41, 5.74) is 1.92. The Bertz CT molecular complexity index is 1420. The Labute approximate surface area is 207 Å².